The van der Waals surface area contributed by atoms with Gasteiger partial charge >= 0.3 is 6.09 Å². The maximum atomic E-state index is 11.6. The van der Waals surface area contributed by atoms with Crippen LogP contribution in [0.2, 0.25) is 0 Å². The van der Waals surface area contributed by atoms with E-state index < -0.39 is 5.60 Å². The second-order valence-electron chi connectivity index (χ2n) is 7.42. The molecule has 1 N–H and O–H groups in total. The van der Waals surface area contributed by atoms with Crippen LogP contribution < -0.4 is 10.1 Å². The van der Waals surface area contributed by atoms with E-state index >= 15 is 0 Å². The summed E-state index contributed by atoms with van der Waals surface area (Å²) < 4.78 is 10.9. The number of carbonyl (C=O) groups is 2. The maximum absolute atomic E-state index is 11.6. The number of benzene rings is 1. The first-order valence-electron chi connectivity index (χ1n) is 9.06. The molecular weight excluding hydrogens is 332 g/mol. The van der Waals surface area contributed by atoms with Crippen molar-refractivity contribution in [3.05, 3.63) is 29.8 Å². The molecule has 0 atom stereocenters. The number of aryl methyl sites for hydroxylation is 1. The predicted molar refractivity (Wildman–Crippen MR) is 102 cm³/mol. The topological polar surface area (TPSA) is 67.9 Å². The fourth-order valence-corrected chi connectivity index (χ4v) is 2.22. The number of amides is 2. The van der Waals surface area contributed by atoms with Gasteiger partial charge in [0.2, 0.25) is 5.91 Å². The lowest BCUT2D eigenvalue weighted by Crippen LogP contribution is -2.33. The van der Waals surface area contributed by atoms with Gasteiger partial charge in [0.25, 0.3) is 0 Å². The van der Waals surface area contributed by atoms with Crippen molar-refractivity contribution < 1.29 is 19.1 Å². The average Bonchev–Trinajstić information content (AvgIpc) is 2.54. The molecule has 0 heterocycles. The summed E-state index contributed by atoms with van der Waals surface area (Å²) in [5, 5.41) is 2.76. The summed E-state index contributed by atoms with van der Waals surface area (Å²) in [5.41, 5.74) is 0.672. The van der Waals surface area contributed by atoms with Gasteiger partial charge in [0.1, 0.15) is 11.4 Å². The molecule has 0 aliphatic heterocycles. The number of alkyl carbamates (subject to hydrolysis) is 1. The van der Waals surface area contributed by atoms with Gasteiger partial charge in [-0.2, -0.15) is 0 Å². The Morgan fingerprint density at radius 3 is 2.54 bits per heavy atom. The standard InChI is InChI=1S/C20H32N2O4/c1-20(2,3)26-19(24)21-13-7-10-16-9-6-11-17(15-16)25-14-8-12-18(23)22(4)5/h6,9,11,15H,7-8,10,12-14H2,1-5H3,(H,21,24). The number of hydrogen-bond acceptors (Lipinski definition) is 4. The van der Waals surface area contributed by atoms with Crippen molar-refractivity contribution in [2.75, 3.05) is 27.2 Å². The van der Waals surface area contributed by atoms with Gasteiger partial charge in [0.15, 0.2) is 0 Å². The van der Waals surface area contributed by atoms with Gasteiger partial charge in [0.05, 0.1) is 6.61 Å². The van der Waals surface area contributed by atoms with Crippen LogP contribution in [0.3, 0.4) is 0 Å². The molecule has 6 heteroatoms. The van der Waals surface area contributed by atoms with Crippen LogP contribution in [-0.2, 0) is 16.0 Å². The number of rotatable bonds is 9. The van der Waals surface area contributed by atoms with Gasteiger partial charge < -0.3 is 19.7 Å². The molecule has 1 aromatic carbocycles. The second-order valence-corrected chi connectivity index (χ2v) is 7.42. The van der Waals surface area contributed by atoms with Crippen molar-refractivity contribution in [2.24, 2.45) is 0 Å². The SMILES string of the molecule is CN(C)C(=O)CCCOc1cccc(CCCNC(=O)OC(C)(C)C)c1. The molecular formula is C20H32N2O4. The summed E-state index contributed by atoms with van der Waals surface area (Å²) in [6.45, 7) is 6.60. The first-order chi connectivity index (χ1) is 12.2. The Morgan fingerprint density at radius 2 is 1.88 bits per heavy atom. The van der Waals surface area contributed by atoms with E-state index in [2.05, 4.69) is 5.32 Å². The van der Waals surface area contributed by atoms with Crippen molar-refractivity contribution in [2.45, 2.75) is 52.1 Å². The fourth-order valence-electron chi connectivity index (χ4n) is 2.22. The third kappa shape index (κ3) is 9.91. The Labute approximate surface area is 156 Å². The zero-order chi connectivity index (χ0) is 19.6. The first kappa shape index (κ1) is 21.8. The molecule has 6 nitrogen and oxygen atoms in total. The van der Waals surface area contributed by atoms with E-state index in [1.165, 1.54) is 0 Å². The van der Waals surface area contributed by atoms with Crippen LogP contribution in [0.1, 0.15) is 45.6 Å². The van der Waals surface area contributed by atoms with Crippen molar-refractivity contribution in [1.29, 1.82) is 0 Å². The number of hydrogen-bond donors (Lipinski definition) is 1. The molecule has 1 aromatic rings. The number of carbonyl (C=O) groups excluding carboxylic acids is 2. The Hall–Kier alpha value is -2.24. The summed E-state index contributed by atoms with van der Waals surface area (Å²) >= 11 is 0. The quantitative estimate of drug-likeness (QED) is 0.682. The lowest BCUT2D eigenvalue weighted by Gasteiger charge is -2.19. The summed E-state index contributed by atoms with van der Waals surface area (Å²) in [4.78, 5) is 24.7. The largest absolute Gasteiger partial charge is 0.494 e. The second kappa shape index (κ2) is 10.7. The molecule has 0 fully saturated rings. The highest BCUT2D eigenvalue weighted by atomic mass is 16.6. The van der Waals surface area contributed by atoms with E-state index in [-0.39, 0.29) is 12.0 Å². The predicted octanol–water partition coefficient (Wildman–Crippen LogP) is 3.39. The minimum Gasteiger partial charge on any atom is -0.494 e. The third-order valence-corrected chi connectivity index (χ3v) is 3.51. The number of ether oxygens (including phenoxy) is 2. The third-order valence-electron chi connectivity index (χ3n) is 3.51. The monoisotopic (exact) mass is 364 g/mol. The van der Waals surface area contributed by atoms with Crippen LogP contribution >= 0.6 is 0 Å². The van der Waals surface area contributed by atoms with Gasteiger partial charge in [-0.1, -0.05) is 12.1 Å². The summed E-state index contributed by atoms with van der Waals surface area (Å²) in [6, 6.07) is 7.91. The zero-order valence-electron chi connectivity index (χ0n) is 16.6. The Kier molecular flexibility index (Phi) is 8.96. The lowest BCUT2D eigenvalue weighted by atomic mass is 10.1. The molecule has 0 aliphatic rings. The highest BCUT2D eigenvalue weighted by molar-refractivity contribution is 5.75. The molecule has 0 spiro atoms. The van der Waals surface area contributed by atoms with Crippen molar-refractivity contribution in [1.82, 2.24) is 10.2 Å². The van der Waals surface area contributed by atoms with E-state index in [1.54, 1.807) is 19.0 Å². The lowest BCUT2D eigenvalue weighted by molar-refractivity contribution is -0.128. The van der Waals surface area contributed by atoms with Crippen molar-refractivity contribution >= 4 is 12.0 Å². The Balaban J connectivity index is 2.27. The van der Waals surface area contributed by atoms with E-state index in [9.17, 15) is 9.59 Å². The smallest absolute Gasteiger partial charge is 0.407 e. The first-order valence-corrected chi connectivity index (χ1v) is 9.06. The summed E-state index contributed by atoms with van der Waals surface area (Å²) in [6.07, 6.45) is 2.46. The van der Waals surface area contributed by atoms with Crippen LogP contribution in [0, 0.1) is 0 Å². The minimum absolute atomic E-state index is 0.111. The van der Waals surface area contributed by atoms with Crippen molar-refractivity contribution in [3.63, 3.8) is 0 Å². The average molecular weight is 364 g/mol. The highest BCUT2D eigenvalue weighted by Gasteiger charge is 2.15. The van der Waals surface area contributed by atoms with Crippen LogP contribution in [0.4, 0.5) is 4.79 Å². The van der Waals surface area contributed by atoms with E-state index in [1.807, 2.05) is 45.0 Å². The van der Waals surface area contributed by atoms with E-state index in [4.69, 9.17) is 9.47 Å². The molecule has 0 saturated carbocycles. The van der Waals surface area contributed by atoms with Gasteiger partial charge in [-0.05, 0) is 57.7 Å². The van der Waals surface area contributed by atoms with Gasteiger partial charge in [-0.3, -0.25) is 4.79 Å². The van der Waals surface area contributed by atoms with Crippen LogP contribution in [0.15, 0.2) is 24.3 Å². The molecule has 0 aromatic heterocycles. The normalized spacial score (nSPS) is 11.0. The summed E-state index contributed by atoms with van der Waals surface area (Å²) in [5.74, 6) is 0.916. The molecule has 0 bridgehead atoms. The van der Waals surface area contributed by atoms with Crippen LogP contribution in [-0.4, -0.2) is 49.7 Å². The van der Waals surface area contributed by atoms with Gasteiger partial charge in [-0.15, -0.1) is 0 Å². The van der Waals surface area contributed by atoms with E-state index in [0.29, 0.717) is 26.0 Å². The van der Waals surface area contributed by atoms with Crippen LogP contribution in [0.25, 0.3) is 0 Å². The molecule has 0 radical (unpaired) electrons. The molecule has 26 heavy (non-hydrogen) atoms. The zero-order valence-corrected chi connectivity index (χ0v) is 16.6. The van der Waals surface area contributed by atoms with Gasteiger partial charge in [0, 0.05) is 27.1 Å². The number of nitrogens with one attached hydrogen (secondary N) is 1. The van der Waals surface area contributed by atoms with Crippen molar-refractivity contribution in [3.8, 4) is 5.75 Å². The number of nitrogens with zero attached hydrogens (tertiary/aromatic N) is 1. The molecule has 0 unspecified atom stereocenters. The Bertz CT molecular complexity index is 579. The van der Waals surface area contributed by atoms with E-state index in [0.717, 1.165) is 24.2 Å². The molecule has 146 valence electrons. The molecule has 0 aliphatic carbocycles. The highest BCUT2D eigenvalue weighted by Crippen LogP contribution is 2.15. The molecule has 2 amide bonds. The van der Waals surface area contributed by atoms with Crippen LogP contribution in [0.5, 0.6) is 5.75 Å². The molecule has 0 saturated heterocycles. The molecule has 1 rings (SSSR count). The fraction of sp³-hybridized carbons (Fsp3) is 0.600. The summed E-state index contributed by atoms with van der Waals surface area (Å²) in [7, 11) is 3.51. The van der Waals surface area contributed by atoms with Gasteiger partial charge in [-0.25, -0.2) is 4.79 Å². The minimum atomic E-state index is -0.479. The maximum Gasteiger partial charge on any atom is 0.407 e. The Morgan fingerprint density at radius 1 is 1.15 bits per heavy atom.